The maximum atomic E-state index is 13.4. The Labute approximate surface area is 272 Å². The molecule has 2 N–H and O–H groups in total. The molecule has 4 fully saturated rings. The molecule has 5 heterocycles. The summed E-state index contributed by atoms with van der Waals surface area (Å²) in [5.41, 5.74) is 2.46. The van der Waals surface area contributed by atoms with Gasteiger partial charge < -0.3 is 15.1 Å². The van der Waals surface area contributed by atoms with Crippen molar-refractivity contribution < 1.29 is 14.4 Å². The maximum Gasteiger partial charge on any atom is 0.282 e. The summed E-state index contributed by atoms with van der Waals surface area (Å²) in [7, 11) is 3.74. The first-order valence-electron chi connectivity index (χ1n) is 16.0. The molecule has 242 valence electrons. The second-order valence-electron chi connectivity index (χ2n) is 13.0. The van der Waals surface area contributed by atoms with E-state index in [2.05, 4.69) is 65.5 Å². The van der Waals surface area contributed by atoms with Crippen LogP contribution in [0.3, 0.4) is 0 Å². The minimum absolute atomic E-state index is 0.0807. The number of likely N-dealkylation sites (tertiary alicyclic amines) is 2. The van der Waals surface area contributed by atoms with Crippen LogP contribution in [0.4, 0.5) is 5.69 Å². The van der Waals surface area contributed by atoms with Gasteiger partial charge in [-0.1, -0.05) is 12.1 Å². The highest BCUT2D eigenvalue weighted by Gasteiger charge is 2.36. The lowest BCUT2D eigenvalue weighted by atomic mass is 9.87. The largest absolute Gasteiger partial charge is 0.379 e. The summed E-state index contributed by atoms with van der Waals surface area (Å²) >= 11 is 3.42. The SMILES string of the molecule is CN1CC(Nc2cnn(C)c(=O)c2Br)CC(c2ccc(C(=O)N3CCN(C4CCN(C5CCC(=O)NC5=O)CC4)CC3)cc2)C1. The van der Waals surface area contributed by atoms with E-state index in [9.17, 15) is 19.2 Å². The summed E-state index contributed by atoms with van der Waals surface area (Å²) in [4.78, 5) is 58.5. The molecular weight excluding hydrogens is 640 g/mol. The summed E-state index contributed by atoms with van der Waals surface area (Å²) in [5.74, 6) is 0.0610. The summed E-state index contributed by atoms with van der Waals surface area (Å²) in [6.07, 6.45) is 5.62. The molecule has 0 saturated carbocycles. The van der Waals surface area contributed by atoms with Crippen LogP contribution in [-0.4, -0.2) is 125 Å². The summed E-state index contributed by atoms with van der Waals surface area (Å²) in [6.45, 7) is 6.64. The van der Waals surface area contributed by atoms with Crippen molar-refractivity contribution in [1.82, 2.24) is 34.7 Å². The van der Waals surface area contributed by atoms with Crippen LogP contribution in [0.25, 0.3) is 0 Å². The third-order valence-electron chi connectivity index (χ3n) is 9.97. The highest BCUT2D eigenvalue weighted by Crippen LogP contribution is 2.30. The normalized spacial score (nSPS) is 26.1. The molecule has 13 heteroatoms. The number of nitrogens with one attached hydrogen (secondary N) is 2. The van der Waals surface area contributed by atoms with Gasteiger partial charge in [-0.05, 0) is 72.3 Å². The second-order valence-corrected chi connectivity index (χ2v) is 13.8. The first kappa shape index (κ1) is 31.8. The van der Waals surface area contributed by atoms with Gasteiger partial charge in [-0.25, -0.2) is 4.68 Å². The van der Waals surface area contributed by atoms with E-state index in [1.54, 1.807) is 13.2 Å². The van der Waals surface area contributed by atoms with Crippen molar-refractivity contribution >= 4 is 39.3 Å². The molecule has 3 amide bonds. The summed E-state index contributed by atoms with van der Waals surface area (Å²) < 4.78 is 1.80. The number of piperazine rings is 1. The monoisotopic (exact) mass is 682 g/mol. The third-order valence-corrected chi connectivity index (χ3v) is 10.7. The number of halogens is 1. The predicted molar refractivity (Wildman–Crippen MR) is 174 cm³/mol. The Morgan fingerprint density at radius 2 is 1.64 bits per heavy atom. The van der Waals surface area contributed by atoms with Crippen molar-refractivity contribution in [1.29, 1.82) is 0 Å². The van der Waals surface area contributed by atoms with Gasteiger partial charge in [0.05, 0.1) is 17.9 Å². The number of amides is 3. The Kier molecular flexibility index (Phi) is 9.69. The topological polar surface area (TPSA) is 123 Å². The van der Waals surface area contributed by atoms with E-state index in [1.165, 1.54) is 10.2 Å². The molecule has 0 radical (unpaired) electrons. The smallest absolute Gasteiger partial charge is 0.282 e. The van der Waals surface area contributed by atoms with Gasteiger partial charge in [0.1, 0.15) is 4.47 Å². The van der Waals surface area contributed by atoms with Crippen LogP contribution in [0.5, 0.6) is 0 Å². The molecule has 6 rings (SSSR count). The Balaban J connectivity index is 0.989. The number of piperidine rings is 3. The van der Waals surface area contributed by atoms with Crippen molar-refractivity contribution in [2.45, 2.75) is 56.1 Å². The number of rotatable bonds is 6. The molecule has 12 nitrogen and oxygen atoms in total. The molecule has 3 atom stereocenters. The number of nitrogens with zero attached hydrogens (tertiary/aromatic N) is 6. The van der Waals surface area contributed by atoms with Gasteiger partial charge in [0.15, 0.2) is 0 Å². The third kappa shape index (κ3) is 7.16. The molecule has 1 aromatic heterocycles. The number of carbonyl (C=O) groups is 3. The standard InChI is InChI=1S/C32H43BrN8O4/c1-37-19-23(17-24(20-37)35-26-18-34-38(2)32(45)29(26)33)21-3-5-22(6-4-21)31(44)41-15-13-39(14-16-41)25-9-11-40(12-10-25)27-7-8-28(42)36-30(27)43/h3-6,18,23-25,27,35H,7-17,19-20H2,1-2H3,(H,36,42,43). The van der Waals surface area contributed by atoms with Crippen LogP contribution in [0.2, 0.25) is 0 Å². The van der Waals surface area contributed by atoms with Crippen LogP contribution < -0.4 is 16.2 Å². The van der Waals surface area contributed by atoms with Crippen LogP contribution in [0.15, 0.2) is 39.7 Å². The molecule has 0 spiro atoms. The van der Waals surface area contributed by atoms with Gasteiger partial charge in [0.2, 0.25) is 11.8 Å². The van der Waals surface area contributed by atoms with E-state index in [0.29, 0.717) is 48.1 Å². The maximum absolute atomic E-state index is 13.4. The van der Waals surface area contributed by atoms with E-state index in [-0.39, 0.29) is 35.4 Å². The van der Waals surface area contributed by atoms with Gasteiger partial charge in [0, 0.05) is 83.5 Å². The van der Waals surface area contributed by atoms with E-state index in [0.717, 1.165) is 64.1 Å². The molecule has 45 heavy (non-hydrogen) atoms. The molecule has 0 bridgehead atoms. The number of aryl methyl sites for hydroxylation is 1. The lowest BCUT2D eigenvalue weighted by Gasteiger charge is -2.44. The zero-order valence-electron chi connectivity index (χ0n) is 26.1. The summed E-state index contributed by atoms with van der Waals surface area (Å²) in [5, 5.41) is 10.1. The fourth-order valence-corrected chi connectivity index (χ4v) is 7.93. The van der Waals surface area contributed by atoms with E-state index >= 15 is 0 Å². The molecule has 0 aliphatic carbocycles. The Hall–Kier alpha value is -3.13. The van der Waals surface area contributed by atoms with Crippen LogP contribution in [0, 0.1) is 0 Å². The van der Waals surface area contributed by atoms with E-state index < -0.39 is 0 Å². The van der Waals surface area contributed by atoms with Gasteiger partial charge in [-0.15, -0.1) is 0 Å². The van der Waals surface area contributed by atoms with Gasteiger partial charge in [-0.3, -0.25) is 34.3 Å². The molecule has 4 saturated heterocycles. The lowest BCUT2D eigenvalue weighted by molar-refractivity contribution is -0.138. The average Bonchev–Trinajstić information content (AvgIpc) is 3.05. The number of hydrogen-bond donors (Lipinski definition) is 2. The van der Waals surface area contributed by atoms with Crippen LogP contribution in [-0.2, 0) is 16.6 Å². The summed E-state index contributed by atoms with van der Waals surface area (Å²) in [6, 6.07) is 8.55. The lowest BCUT2D eigenvalue weighted by Crippen LogP contribution is -2.58. The van der Waals surface area contributed by atoms with Crippen molar-refractivity contribution in [3.63, 3.8) is 0 Å². The highest BCUT2D eigenvalue weighted by molar-refractivity contribution is 9.10. The van der Waals surface area contributed by atoms with Gasteiger partial charge >= 0.3 is 0 Å². The van der Waals surface area contributed by atoms with Crippen molar-refractivity contribution in [3.8, 4) is 0 Å². The number of carbonyl (C=O) groups excluding carboxylic acids is 3. The molecule has 2 aromatic rings. The minimum atomic E-state index is -0.187. The minimum Gasteiger partial charge on any atom is -0.379 e. The number of anilines is 1. The van der Waals surface area contributed by atoms with Crippen molar-refractivity contribution in [2.24, 2.45) is 7.05 Å². The predicted octanol–water partition coefficient (Wildman–Crippen LogP) is 1.47. The fraction of sp³-hybridized carbons (Fsp3) is 0.594. The quantitative estimate of drug-likeness (QED) is 0.436. The Morgan fingerprint density at radius 1 is 0.933 bits per heavy atom. The zero-order valence-corrected chi connectivity index (χ0v) is 27.7. The Bertz CT molecular complexity index is 1470. The number of likely N-dealkylation sites (N-methyl/N-ethyl adjacent to an activating group) is 1. The van der Waals surface area contributed by atoms with Gasteiger partial charge in [0.25, 0.3) is 11.5 Å². The second kappa shape index (κ2) is 13.7. The van der Waals surface area contributed by atoms with Crippen LogP contribution >= 0.6 is 15.9 Å². The fourth-order valence-electron chi connectivity index (χ4n) is 7.46. The number of benzene rings is 1. The first-order chi connectivity index (χ1) is 21.7. The Morgan fingerprint density at radius 3 is 2.33 bits per heavy atom. The molecular formula is C32H43BrN8O4. The number of imide groups is 1. The van der Waals surface area contributed by atoms with E-state index in [1.807, 2.05) is 17.0 Å². The van der Waals surface area contributed by atoms with E-state index in [4.69, 9.17) is 0 Å². The number of aromatic nitrogens is 2. The number of hydrogen-bond acceptors (Lipinski definition) is 9. The molecule has 4 aliphatic rings. The van der Waals surface area contributed by atoms with Crippen molar-refractivity contribution in [3.05, 3.63) is 56.4 Å². The first-order valence-corrected chi connectivity index (χ1v) is 16.8. The van der Waals surface area contributed by atoms with Crippen LogP contribution in [0.1, 0.15) is 53.9 Å². The average molecular weight is 684 g/mol. The highest BCUT2D eigenvalue weighted by atomic mass is 79.9. The van der Waals surface area contributed by atoms with Crippen molar-refractivity contribution in [2.75, 3.05) is 64.7 Å². The molecule has 3 unspecified atom stereocenters. The molecule has 4 aliphatic heterocycles. The molecule has 1 aromatic carbocycles. The van der Waals surface area contributed by atoms with Gasteiger partial charge in [-0.2, -0.15) is 5.10 Å². The zero-order chi connectivity index (χ0) is 31.7.